The third-order valence-electron chi connectivity index (χ3n) is 1.29. The summed E-state index contributed by atoms with van der Waals surface area (Å²) in [6.07, 6.45) is -2.29. The summed E-state index contributed by atoms with van der Waals surface area (Å²) >= 11 is 0. The van der Waals surface area contributed by atoms with Gasteiger partial charge < -0.3 is 20.4 Å². The number of rotatable bonds is 5. The normalized spacial score (nSPS) is 10.5. The van der Waals surface area contributed by atoms with Crippen molar-refractivity contribution in [2.45, 2.75) is 18.4 Å². The Kier molecular flexibility index (Phi) is 10.3. The highest BCUT2D eigenvalue weighted by molar-refractivity contribution is 7.79. The number of carboxylic acid groups (broad SMARTS) is 3. The highest BCUT2D eigenvalue weighted by Crippen LogP contribution is 2.15. The van der Waals surface area contributed by atoms with E-state index in [1.807, 2.05) is 0 Å². The number of hydrogen-bond acceptors (Lipinski definition) is 6. The Hall–Kier alpha value is -1.47. The third kappa shape index (κ3) is 16.5. The SMILES string of the molecule is Cl.O=C(O)CC(O)(CC(=O)O)C(=O)O.O=S(=O)(O)O. The van der Waals surface area contributed by atoms with Crippen LogP contribution < -0.4 is 0 Å². The first-order valence-electron chi connectivity index (χ1n) is 3.87. The second-order valence-corrected chi connectivity index (χ2v) is 3.82. The minimum absolute atomic E-state index is 0. The van der Waals surface area contributed by atoms with Crippen LogP contribution in [0.5, 0.6) is 0 Å². The first kappa shape index (κ1) is 22.7. The molecule has 11 nitrogen and oxygen atoms in total. The molecule has 0 aromatic carbocycles. The van der Waals surface area contributed by atoms with Crippen LogP contribution in [0.4, 0.5) is 0 Å². The molecule has 0 spiro atoms. The molecule has 0 aromatic rings. The maximum atomic E-state index is 10.3. The number of hydrogen-bond donors (Lipinski definition) is 6. The lowest BCUT2D eigenvalue weighted by Crippen LogP contribution is -2.42. The van der Waals surface area contributed by atoms with E-state index >= 15 is 0 Å². The van der Waals surface area contributed by atoms with Crippen molar-refractivity contribution in [1.82, 2.24) is 0 Å². The highest BCUT2D eigenvalue weighted by Gasteiger charge is 2.40. The highest BCUT2D eigenvalue weighted by atomic mass is 35.5. The van der Waals surface area contributed by atoms with E-state index in [4.69, 9.17) is 37.9 Å². The Morgan fingerprint density at radius 2 is 1.11 bits per heavy atom. The molecule has 0 aliphatic heterocycles. The largest absolute Gasteiger partial charge is 0.481 e. The Morgan fingerprint density at radius 1 is 0.895 bits per heavy atom. The van der Waals surface area contributed by atoms with E-state index < -0.39 is 46.7 Å². The molecule has 0 rings (SSSR count). The summed E-state index contributed by atoms with van der Waals surface area (Å²) in [5, 5.41) is 33.8. The average Bonchev–Trinajstić information content (AvgIpc) is 1.95. The van der Waals surface area contributed by atoms with Gasteiger partial charge in [0.15, 0.2) is 5.60 Å². The zero-order valence-electron chi connectivity index (χ0n) is 8.96. The van der Waals surface area contributed by atoms with Gasteiger partial charge in [0.25, 0.3) is 0 Å². The van der Waals surface area contributed by atoms with Gasteiger partial charge in [0, 0.05) is 0 Å². The fraction of sp³-hybridized carbons (Fsp3) is 0.500. The number of halogens is 1. The van der Waals surface area contributed by atoms with Crippen LogP contribution in [0.15, 0.2) is 0 Å². The summed E-state index contributed by atoms with van der Waals surface area (Å²) < 4.78 is 31.6. The standard InChI is InChI=1S/C6H8O7.ClH.H2O4S/c7-3(8)1-6(13,5(11)12)2-4(9)10;;1-5(2,3)4/h13H,1-2H2,(H,7,8)(H,9,10)(H,11,12);1H;(H2,1,2,3,4). The van der Waals surface area contributed by atoms with Gasteiger partial charge in [-0.3, -0.25) is 18.7 Å². The smallest absolute Gasteiger partial charge is 0.394 e. The van der Waals surface area contributed by atoms with Crippen molar-refractivity contribution in [2.75, 3.05) is 0 Å². The third-order valence-corrected chi connectivity index (χ3v) is 1.29. The van der Waals surface area contributed by atoms with Gasteiger partial charge >= 0.3 is 28.3 Å². The topological polar surface area (TPSA) is 207 Å². The van der Waals surface area contributed by atoms with Gasteiger partial charge in [-0.05, 0) is 0 Å². The van der Waals surface area contributed by atoms with Gasteiger partial charge in [0.1, 0.15) is 0 Å². The molecule has 0 fully saturated rings. The van der Waals surface area contributed by atoms with E-state index in [0.717, 1.165) is 0 Å². The van der Waals surface area contributed by atoms with Crippen LogP contribution in [0.3, 0.4) is 0 Å². The van der Waals surface area contributed by atoms with Gasteiger partial charge in [0.05, 0.1) is 12.8 Å². The molecule has 13 heteroatoms. The fourth-order valence-corrected chi connectivity index (χ4v) is 0.714. The van der Waals surface area contributed by atoms with E-state index in [1.165, 1.54) is 0 Å². The lowest BCUT2D eigenvalue weighted by atomic mass is 9.96. The quantitative estimate of drug-likeness (QED) is 0.321. The lowest BCUT2D eigenvalue weighted by Gasteiger charge is -2.18. The molecule has 0 aromatic heterocycles. The zero-order chi connectivity index (χ0) is 15.1. The van der Waals surface area contributed by atoms with E-state index in [9.17, 15) is 14.4 Å². The molecule has 0 saturated heterocycles. The van der Waals surface area contributed by atoms with Crippen LogP contribution in [-0.4, -0.2) is 61.5 Å². The second-order valence-electron chi connectivity index (χ2n) is 2.93. The van der Waals surface area contributed by atoms with Crippen LogP contribution in [0.25, 0.3) is 0 Å². The minimum atomic E-state index is -4.67. The van der Waals surface area contributed by atoms with Gasteiger partial charge in [0.2, 0.25) is 0 Å². The van der Waals surface area contributed by atoms with Crippen LogP contribution in [0, 0.1) is 0 Å². The maximum Gasteiger partial charge on any atom is 0.394 e. The monoisotopic (exact) mass is 326 g/mol. The molecule has 0 atom stereocenters. The van der Waals surface area contributed by atoms with E-state index in [1.54, 1.807) is 0 Å². The number of aliphatic hydroxyl groups is 1. The van der Waals surface area contributed by atoms with Gasteiger partial charge in [-0.2, -0.15) is 8.42 Å². The summed E-state index contributed by atoms with van der Waals surface area (Å²) in [5.41, 5.74) is -2.74. The number of carbonyl (C=O) groups is 3. The molecular weight excluding hydrogens is 316 g/mol. The molecule has 0 aliphatic carbocycles. The summed E-state index contributed by atoms with van der Waals surface area (Å²) in [7, 11) is -4.67. The van der Waals surface area contributed by atoms with Gasteiger partial charge in [-0.25, -0.2) is 4.79 Å². The minimum Gasteiger partial charge on any atom is -0.481 e. The van der Waals surface area contributed by atoms with Crippen molar-refractivity contribution in [1.29, 1.82) is 0 Å². The van der Waals surface area contributed by atoms with Crippen LogP contribution in [0.1, 0.15) is 12.8 Å². The summed E-state index contributed by atoms with van der Waals surface area (Å²) in [6.45, 7) is 0. The first-order chi connectivity index (χ1) is 7.78. The predicted octanol–water partition coefficient (Wildman–Crippen LogP) is -1.48. The molecule has 0 amide bonds. The molecule has 6 N–H and O–H groups in total. The average molecular weight is 327 g/mol. The molecular formula is C6H11ClO11S. The maximum absolute atomic E-state index is 10.3. The summed E-state index contributed by atoms with van der Waals surface area (Å²) in [6, 6.07) is 0. The van der Waals surface area contributed by atoms with Crippen LogP contribution >= 0.6 is 12.4 Å². The molecule has 0 unspecified atom stereocenters. The van der Waals surface area contributed by atoms with Crippen molar-refractivity contribution in [3.63, 3.8) is 0 Å². The fourth-order valence-electron chi connectivity index (χ4n) is 0.714. The molecule has 0 radical (unpaired) electrons. The first-order valence-corrected chi connectivity index (χ1v) is 5.27. The Balaban J connectivity index is -0.000000366. The van der Waals surface area contributed by atoms with Crippen molar-refractivity contribution in [2.24, 2.45) is 0 Å². The number of aliphatic carboxylic acids is 3. The van der Waals surface area contributed by atoms with Crippen molar-refractivity contribution >= 4 is 40.7 Å². The summed E-state index contributed by atoms with van der Waals surface area (Å²) in [4.78, 5) is 30.5. The predicted molar refractivity (Wildman–Crippen MR) is 58.5 cm³/mol. The van der Waals surface area contributed by atoms with E-state index in [0.29, 0.717) is 0 Å². The van der Waals surface area contributed by atoms with Crippen molar-refractivity contribution in [3.05, 3.63) is 0 Å². The van der Waals surface area contributed by atoms with Crippen LogP contribution in [-0.2, 0) is 24.8 Å². The zero-order valence-corrected chi connectivity index (χ0v) is 10.6. The Labute approximate surface area is 112 Å². The molecule has 19 heavy (non-hydrogen) atoms. The van der Waals surface area contributed by atoms with Crippen molar-refractivity contribution < 1.29 is 52.3 Å². The Morgan fingerprint density at radius 3 is 1.21 bits per heavy atom. The second kappa shape index (κ2) is 8.60. The number of carboxylic acids is 3. The van der Waals surface area contributed by atoms with E-state index in [2.05, 4.69) is 0 Å². The summed E-state index contributed by atoms with van der Waals surface area (Å²) in [5.74, 6) is -5.02. The van der Waals surface area contributed by atoms with Gasteiger partial charge in [-0.1, -0.05) is 0 Å². The van der Waals surface area contributed by atoms with Crippen molar-refractivity contribution in [3.8, 4) is 0 Å². The molecule has 0 bridgehead atoms. The molecule has 0 heterocycles. The molecule has 0 aliphatic rings. The molecule has 114 valence electrons. The lowest BCUT2D eigenvalue weighted by molar-refractivity contribution is -0.170. The van der Waals surface area contributed by atoms with Crippen LogP contribution in [0.2, 0.25) is 0 Å². The molecule has 0 saturated carbocycles. The van der Waals surface area contributed by atoms with Gasteiger partial charge in [-0.15, -0.1) is 12.4 Å². The van der Waals surface area contributed by atoms with E-state index in [-0.39, 0.29) is 12.4 Å². The Bertz CT molecular complexity index is 402.